The highest BCUT2D eigenvalue weighted by Gasteiger charge is 2.25. The lowest BCUT2D eigenvalue weighted by atomic mass is 10.2. The third-order valence-electron chi connectivity index (χ3n) is 4.16. The highest BCUT2D eigenvalue weighted by atomic mass is 35.5. The molecule has 0 bridgehead atoms. The number of piperazine rings is 1. The molecule has 1 fully saturated rings. The second-order valence-corrected chi connectivity index (χ2v) is 5.99. The number of nitrogens with zero attached hydrogens (tertiary/aromatic N) is 2. The first kappa shape index (κ1) is 17.2. The van der Waals surface area contributed by atoms with Crippen LogP contribution in [-0.2, 0) is 11.3 Å². The van der Waals surface area contributed by atoms with E-state index in [-0.39, 0.29) is 18.6 Å². The number of nitrogens with one attached hydrogen (secondary N) is 1. The number of benzene rings is 1. The summed E-state index contributed by atoms with van der Waals surface area (Å²) in [6, 6.07) is 7.38. The maximum absolute atomic E-state index is 12.3. The van der Waals surface area contributed by atoms with Crippen LogP contribution in [0.5, 0.6) is 0 Å². The van der Waals surface area contributed by atoms with Gasteiger partial charge in [-0.3, -0.25) is 14.6 Å². The predicted molar refractivity (Wildman–Crippen MR) is 87.9 cm³/mol. The number of rotatable bonds is 6. The van der Waals surface area contributed by atoms with Crippen LogP contribution in [0.4, 0.5) is 0 Å². The van der Waals surface area contributed by atoms with Crippen molar-refractivity contribution < 1.29 is 9.90 Å². The van der Waals surface area contributed by atoms with Crippen LogP contribution >= 0.6 is 11.6 Å². The van der Waals surface area contributed by atoms with E-state index in [9.17, 15) is 4.79 Å². The molecule has 5 nitrogen and oxygen atoms in total. The van der Waals surface area contributed by atoms with Crippen LogP contribution in [-0.4, -0.2) is 66.2 Å². The molecule has 1 aromatic carbocycles. The van der Waals surface area contributed by atoms with Crippen molar-refractivity contribution in [2.45, 2.75) is 19.5 Å². The van der Waals surface area contributed by atoms with Gasteiger partial charge in [-0.2, -0.15) is 0 Å². The molecule has 1 saturated heterocycles. The summed E-state index contributed by atoms with van der Waals surface area (Å²) in [4.78, 5) is 16.7. The van der Waals surface area contributed by atoms with Gasteiger partial charge in [0.15, 0.2) is 0 Å². The molecule has 1 aromatic rings. The van der Waals surface area contributed by atoms with E-state index >= 15 is 0 Å². The Hall–Kier alpha value is -1.14. The molecule has 2 rings (SSSR count). The summed E-state index contributed by atoms with van der Waals surface area (Å²) in [6.07, 6.45) is 0. The average molecular weight is 326 g/mol. The Morgan fingerprint density at radius 3 is 2.64 bits per heavy atom. The second-order valence-electron chi connectivity index (χ2n) is 5.59. The number of amides is 1. The maximum Gasteiger partial charge on any atom is 0.237 e. The molecule has 0 radical (unpaired) electrons. The van der Waals surface area contributed by atoms with E-state index < -0.39 is 0 Å². The smallest absolute Gasteiger partial charge is 0.237 e. The molecule has 122 valence electrons. The third kappa shape index (κ3) is 4.68. The molecule has 6 heteroatoms. The highest BCUT2D eigenvalue weighted by molar-refractivity contribution is 6.31. The van der Waals surface area contributed by atoms with Gasteiger partial charge in [-0.25, -0.2) is 0 Å². The molecule has 0 spiro atoms. The zero-order valence-corrected chi connectivity index (χ0v) is 13.7. The van der Waals surface area contributed by atoms with Crippen molar-refractivity contribution in [1.29, 1.82) is 0 Å². The Morgan fingerprint density at radius 2 is 2.00 bits per heavy atom. The van der Waals surface area contributed by atoms with Gasteiger partial charge in [0, 0.05) is 44.3 Å². The Labute approximate surface area is 136 Å². The molecule has 1 aliphatic heterocycles. The van der Waals surface area contributed by atoms with Crippen molar-refractivity contribution in [3.8, 4) is 0 Å². The number of carbonyl (C=O) groups excluding carboxylic acids is 1. The van der Waals surface area contributed by atoms with Gasteiger partial charge >= 0.3 is 0 Å². The van der Waals surface area contributed by atoms with Crippen LogP contribution in [0.15, 0.2) is 24.3 Å². The van der Waals surface area contributed by atoms with Crippen LogP contribution in [0.25, 0.3) is 0 Å². The predicted octanol–water partition coefficient (Wildman–Crippen LogP) is 0.955. The molecule has 1 atom stereocenters. The number of aliphatic hydroxyl groups is 1. The van der Waals surface area contributed by atoms with Crippen molar-refractivity contribution in [1.82, 2.24) is 15.1 Å². The molecule has 0 aromatic heterocycles. The summed E-state index contributed by atoms with van der Waals surface area (Å²) in [5, 5.41) is 12.6. The van der Waals surface area contributed by atoms with Gasteiger partial charge in [0.2, 0.25) is 5.91 Å². The molecule has 0 unspecified atom stereocenters. The summed E-state index contributed by atoms with van der Waals surface area (Å²) >= 11 is 6.09. The minimum atomic E-state index is -0.154. The normalized spacial score (nSPS) is 18.1. The number of halogens is 1. The lowest BCUT2D eigenvalue weighted by molar-refractivity contribution is -0.126. The van der Waals surface area contributed by atoms with E-state index in [4.69, 9.17) is 16.7 Å². The molecule has 1 amide bonds. The Bertz CT molecular complexity index is 490. The van der Waals surface area contributed by atoms with Crippen LogP contribution in [0.2, 0.25) is 5.02 Å². The summed E-state index contributed by atoms with van der Waals surface area (Å²) < 4.78 is 0. The monoisotopic (exact) mass is 325 g/mol. The first-order valence-corrected chi connectivity index (χ1v) is 8.08. The lowest BCUT2D eigenvalue weighted by Crippen LogP contribution is -2.54. The fourth-order valence-corrected chi connectivity index (χ4v) is 2.86. The van der Waals surface area contributed by atoms with Crippen LogP contribution in [0.1, 0.15) is 12.5 Å². The van der Waals surface area contributed by atoms with Gasteiger partial charge in [0.25, 0.3) is 0 Å². The number of carbonyl (C=O) groups is 1. The SMILES string of the molecule is C[C@@H](C(=O)NCc1ccccc1Cl)N1CCN(CCO)CC1. The second kappa shape index (κ2) is 8.48. The quantitative estimate of drug-likeness (QED) is 0.818. The first-order valence-electron chi connectivity index (χ1n) is 7.70. The molecule has 1 heterocycles. The zero-order chi connectivity index (χ0) is 15.9. The van der Waals surface area contributed by atoms with Gasteiger partial charge in [-0.05, 0) is 18.6 Å². The van der Waals surface area contributed by atoms with E-state index in [0.29, 0.717) is 18.1 Å². The number of hydrogen-bond donors (Lipinski definition) is 2. The summed E-state index contributed by atoms with van der Waals surface area (Å²) in [6.45, 7) is 6.76. The van der Waals surface area contributed by atoms with Crippen LogP contribution in [0.3, 0.4) is 0 Å². The molecular formula is C16H24ClN3O2. The number of aliphatic hydroxyl groups excluding tert-OH is 1. The fraction of sp³-hybridized carbons (Fsp3) is 0.562. The van der Waals surface area contributed by atoms with E-state index in [0.717, 1.165) is 31.7 Å². The Kier molecular flexibility index (Phi) is 6.64. The molecular weight excluding hydrogens is 302 g/mol. The topological polar surface area (TPSA) is 55.8 Å². The van der Waals surface area contributed by atoms with E-state index in [1.54, 1.807) is 0 Å². The molecule has 22 heavy (non-hydrogen) atoms. The van der Waals surface area contributed by atoms with Gasteiger partial charge in [-0.1, -0.05) is 29.8 Å². The minimum Gasteiger partial charge on any atom is -0.395 e. The molecule has 0 saturated carbocycles. The van der Waals surface area contributed by atoms with Crippen molar-refractivity contribution in [2.75, 3.05) is 39.3 Å². The van der Waals surface area contributed by atoms with Crippen molar-refractivity contribution in [3.05, 3.63) is 34.9 Å². The number of hydrogen-bond acceptors (Lipinski definition) is 4. The fourth-order valence-electron chi connectivity index (χ4n) is 2.65. The van der Waals surface area contributed by atoms with Crippen molar-refractivity contribution in [2.24, 2.45) is 0 Å². The standard InChI is InChI=1S/C16H24ClN3O2/c1-13(20-8-6-19(7-9-20)10-11-21)16(22)18-12-14-4-2-3-5-15(14)17/h2-5,13,21H,6-12H2,1H3,(H,18,22)/t13-/m0/s1. The van der Waals surface area contributed by atoms with Crippen molar-refractivity contribution >= 4 is 17.5 Å². The van der Waals surface area contributed by atoms with Crippen molar-refractivity contribution in [3.63, 3.8) is 0 Å². The Balaban J connectivity index is 1.79. The van der Waals surface area contributed by atoms with Gasteiger partial charge in [0.05, 0.1) is 12.6 Å². The highest BCUT2D eigenvalue weighted by Crippen LogP contribution is 2.14. The van der Waals surface area contributed by atoms with Gasteiger partial charge in [0.1, 0.15) is 0 Å². The lowest BCUT2D eigenvalue weighted by Gasteiger charge is -2.37. The summed E-state index contributed by atoms with van der Waals surface area (Å²) in [5.41, 5.74) is 0.928. The Morgan fingerprint density at radius 1 is 1.32 bits per heavy atom. The minimum absolute atomic E-state index is 0.0236. The van der Waals surface area contributed by atoms with Crippen LogP contribution in [0, 0.1) is 0 Å². The summed E-state index contributed by atoms with van der Waals surface area (Å²) in [7, 11) is 0. The van der Waals surface area contributed by atoms with E-state index in [2.05, 4.69) is 15.1 Å². The molecule has 0 aliphatic carbocycles. The molecule has 1 aliphatic rings. The molecule has 2 N–H and O–H groups in total. The first-order chi connectivity index (χ1) is 10.6. The zero-order valence-electron chi connectivity index (χ0n) is 13.0. The maximum atomic E-state index is 12.3. The van der Waals surface area contributed by atoms with E-state index in [1.165, 1.54) is 0 Å². The summed E-state index contributed by atoms with van der Waals surface area (Å²) in [5.74, 6) is 0.0236. The average Bonchev–Trinajstić information content (AvgIpc) is 2.54. The number of β-amino-alcohol motifs (C(OH)–C–C–N with tert-alkyl or cyclic N) is 1. The van der Waals surface area contributed by atoms with Gasteiger partial charge < -0.3 is 10.4 Å². The third-order valence-corrected chi connectivity index (χ3v) is 4.53. The van der Waals surface area contributed by atoms with E-state index in [1.807, 2.05) is 31.2 Å². The van der Waals surface area contributed by atoms with Crippen LogP contribution < -0.4 is 5.32 Å². The van der Waals surface area contributed by atoms with Gasteiger partial charge in [-0.15, -0.1) is 0 Å². The largest absolute Gasteiger partial charge is 0.395 e.